The fourth-order valence-electron chi connectivity index (χ4n) is 9.47. The minimum atomic E-state index is -0.113. The largest absolute Gasteiger partial charge is 0.228 e. The van der Waals surface area contributed by atoms with E-state index in [2.05, 4.69) is 232 Å². The van der Waals surface area contributed by atoms with Crippen LogP contribution in [0.25, 0.3) is 100 Å². The Labute approximate surface area is 357 Å². The highest BCUT2D eigenvalue weighted by Gasteiger charge is 2.37. The number of nitrogens with zero attached hydrogens (tertiary/aromatic N) is 2. The van der Waals surface area contributed by atoms with Crippen LogP contribution in [0.4, 0.5) is 0 Å². The summed E-state index contributed by atoms with van der Waals surface area (Å²) < 4.78 is 0. The van der Waals surface area contributed by atoms with E-state index in [0.29, 0.717) is 5.82 Å². The molecule has 2 heteroatoms. The molecule has 1 aliphatic rings. The molecule has 0 unspecified atom stereocenters. The Balaban J connectivity index is 1.04. The molecule has 10 aromatic rings. The Hall–Kier alpha value is -7.68. The molecule has 1 aliphatic carbocycles. The van der Waals surface area contributed by atoms with Gasteiger partial charge < -0.3 is 0 Å². The second kappa shape index (κ2) is 14.9. The predicted molar refractivity (Wildman–Crippen MR) is 255 cm³/mol. The Morgan fingerprint density at radius 3 is 1.30 bits per heavy atom. The molecule has 0 aliphatic heterocycles. The van der Waals surface area contributed by atoms with Crippen molar-refractivity contribution in [1.82, 2.24) is 9.97 Å². The lowest BCUT2D eigenvalue weighted by atomic mass is 9.81. The summed E-state index contributed by atoms with van der Waals surface area (Å²) in [6.45, 7) is 4.73. The van der Waals surface area contributed by atoms with Crippen molar-refractivity contribution < 1.29 is 0 Å². The summed E-state index contributed by atoms with van der Waals surface area (Å²) in [5, 5.41) is 2.55. The van der Waals surface area contributed by atoms with Crippen LogP contribution in [0.1, 0.15) is 25.0 Å². The van der Waals surface area contributed by atoms with E-state index in [4.69, 9.17) is 9.97 Å². The normalized spacial score (nSPS) is 12.6. The molecule has 61 heavy (non-hydrogen) atoms. The van der Waals surface area contributed by atoms with Crippen molar-refractivity contribution in [2.24, 2.45) is 0 Å². The van der Waals surface area contributed by atoms with Gasteiger partial charge in [0.25, 0.3) is 0 Å². The molecular formula is C59H42N2. The van der Waals surface area contributed by atoms with Crippen molar-refractivity contribution in [3.63, 3.8) is 0 Å². The summed E-state index contributed by atoms with van der Waals surface area (Å²) in [6, 6.07) is 78.4. The summed E-state index contributed by atoms with van der Waals surface area (Å²) in [6.07, 6.45) is 0. The summed E-state index contributed by atoms with van der Waals surface area (Å²) in [5.74, 6) is 0.685. The number of aromatic nitrogens is 2. The highest BCUT2D eigenvalue weighted by Crippen LogP contribution is 2.54. The molecule has 0 saturated carbocycles. The van der Waals surface area contributed by atoms with Gasteiger partial charge in [-0.05, 0) is 95.7 Å². The molecule has 288 valence electrons. The van der Waals surface area contributed by atoms with Gasteiger partial charge in [-0.25, -0.2) is 9.97 Å². The third kappa shape index (κ3) is 6.36. The third-order valence-electron chi connectivity index (χ3n) is 12.5. The van der Waals surface area contributed by atoms with Crippen molar-refractivity contribution in [3.05, 3.63) is 230 Å². The van der Waals surface area contributed by atoms with E-state index in [1.165, 1.54) is 49.7 Å². The number of fused-ring (bicyclic) bond motifs is 4. The summed E-state index contributed by atoms with van der Waals surface area (Å²) >= 11 is 0. The van der Waals surface area contributed by atoms with E-state index < -0.39 is 0 Å². The Bertz CT molecular complexity index is 3150. The Morgan fingerprint density at radius 1 is 0.295 bits per heavy atom. The zero-order chi connectivity index (χ0) is 40.9. The van der Waals surface area contributed by atoms with Gasteiger partial charge in [-0.3, -0.25) is 0 Å². The molecule has 11 rings (SSSR count). The van der Waals surface area contributed by atoms with E-state index >= 15 is 0 Å². The van der Waals surface area contributed by atoms with Gasteiger partial charge >= 0.3 is 0 Å². The molecular weight excluding hydrogens is 737 g/mol. The lowest BCUT2D eigenvalue weighted by molar-refractivity contribution is 0.661. The first kappa shape index (κ1) is 36.4. The van der Waals surface area contributed by atoms with E-state index in [0.717, 1.165) is 55.9 Å². The summed E-state index contributed by atoms with van der Waals surface area (Å²) in [7, 11) is 0. The van der Waals surface area contributed by atoms with Crippen LogP contribution in [-0.4, -0.2) is 9.97 Å². The van der Waals surface area contributed by atoms with Crippen LogP contribution in [0.15, 0.2) is 218 Å². The quantitative estimate of drug-likeness (QED) is 0.161. The van der Waals surface area contributed by atoms with Crippen molar-refractivity contribution in [2.75, 3.05) is 0 Å². The van der Waals surface area contributed by atoms with Gasteiger partial charge in [0.05, 0.1) is 11.4 Å². The van der Waals surface area contributed by atoms with Gasteiger partial charge in [0, 0.05) is 22.1 Å². The van der Waals surface area contributed by atoms with Crippen LogP contribution in [0.3, 0.4) is 0 Å². The minimum absolute atomic E-state index is 0.113. The monoisotopic (exact) mass is 778 g/mol. The highest BCUT2D eigenvalue weighted by atomic mass is 14.9. The zero-order valence-corrected chi connectivity index (χ0v) is 34.2. The molecule has 1 heterocycles. The SMILES string of the molecule is CC1(C)c2cc3ccccc3cc2-c2c(-c3ccccc3-c3ccc(-c4nc(-c5ccccc5-c5ccccc5)cc(-c5ccccc5-c5ccccc5)n4)cc3)cccc21. The molecule has 0 N–H and O–H groups in total. The van der Waals surface area contributed by atoms with Crippen LogP contribution in [0.2, 0.25) is 0 Å². The van der Waals surface area contributed by atoms with Crippen LogP contribution >= 0.6 is 0 Å². The molecule has 0 bridgehead atoms. The van der Waals surface area contributed by atoms with Crippen molar-refractivity contribution in [2.45, 2.75) is 19.3 Å². The Kier molecular flexibility index (Phi) is 8.86. The fourth-order valence-corrected chi connectivity index (χ4v) is 9.47. The maximum absolute atomic E-state index is 5.34. The number of benzene rings is 9. The van der Waals surface area contributed by atoms with Crippen LogP contribution in [-0.2, 0) is 5.41 Å². The zero-order valence-electron chi connectivity index (χ0n) is 34.2. The molecule has 0 fully saturated rings. The molecule has 0 amide bonds. The second-order valence-electron chi connectivity index (χ2n) is 16.5. The van der Waals surface area contributed by atoms with Gasteiger partial charge in [0.1, 0.15) is 0 Å². The number of rotatable bonds is 7. The first-order valence-electron chi connectivity index (χ1n) is 21.1. The predicted octanol–water partition coefficient (Wildman–Crippen LogP) is 15.6. The first-order chi connectivity index (χ1) is 30.0. The van der Waals surface area contributed by atoms with Gasteiger partial charge in [-0.2, -0.15) is 0 Å². The summed E-state index contributed by atoms with van der Waals surface area (Å²) in [4.78, 5) is 10.7. The van der Waals surface area contributed by atoms with Crippen molar-refractivity contribution in [3.8, 4) is 89.5 Å². The molecule has 1 aromatic heterocycles. The summed E-state index contributed by atoms with van der Waals surface area (Å²) in [5.41, 5.74) is 19.5. The fraction of sp³-hybridized carbons (Fsp3) is 0.0508. The van der Waals surface area contributed by atoms with Crippen molar-refractivity contribution in [1.29, 1.82) is 0 Å². The molecule has 9 aromatic carbocycles. The maximum atomic E-state index is 5.34. The van der Waals surface area contributed by atoms with Crippen LogP contribution < -0.4 is 0 Å². The van der Waals surface area contributed by atoms with Crippen LogP contribution in [0, 0.1) is 0 Å². The molecule has 0 radical (unpaired) electrons. The van der Waals surface area contributed by atoms with Crippen LogP contribution in [0.5, 0.6) is 0 Å². The topological polar surface area (TPSA) is 25.8 Å². The standard InChI is InChI=1S/C59H42N2/c1-59(2)53-31-17-30-51(57(53)52-36-43-22-9-10-23-44(43)37-54(52)59)48-27-14-11-24-45(48)41-32-34-42(35-33-41)58-60-55(49-28-15-12-25-46(49)39-18-5-3-6-19-39)38-56(61-58)50-29-16-13-26-47(50)40-20-7-4-8-21-40/h3-38H,1-2H3. The van der Waals surface area contributed by atoms with E-state index in [1.807, 2.05) is 0 Å². The average molecular weight is 779 g/mol. The lowest BCUT2D eigenvalue weighted by Gasteiger charge is -2.22. The first-order valence-corrected chi connectivity index (χ1v) is 21.1. The van der Waals surface area contributed by atoms with Gasteiger partial charge in [0.2, 0.25) is 0 Å². The molecule has 2 nitrogen and oxygen atoms in total. The molecule has 0 saturated heterocycles. The van der Waals surface area contributed by atoms with Crippen molar-refractivity contribution >= 4 is 10.8 Å². The second-order valence-corrected chi connectivity index (χ2v) is 16.5. The van der Waals surface area contributed by atoms with E-state index in [-0.39, 0.29) is 5.41 Å². The minimum Gasteiger partial charge on any atom is -0.228 e. The Morgan fingerprint density at radius 2 is 0.721 bits per heavy atom. The van der Waals surface area contributed by atoms with Gasteiger partial charge in [-0.1, -0.05) is 214 Å². The number of hydrogen-bond acceptors (Lipinski definition) is 2. The third-order valence-corrected chi connectivity index (χ3v) is 12.5. The average Bonchev–Trinajstić information content (AvgIpc) is 3.56. The molecule has 0 atom stereocenters. The highest BCUT2D eigenvalue weighted by molar-refractivity contribution is 6.01. The lowest BCUT2D eigenvalue weighted by Crippen LogP contribution is -2.14. The smallest absolute Gasteiger partial charge is 0.160 e. The van der Waals surface area contributed by atoms with E-state index in [1.54, 1.807) is 0 Å². The maximum Gasteiger partial charge on any atom is 0.160 e. The molecule has 0 spiro atoms. The van der Waals surface area contributed by atoms with E-state index in [9.17, 15) is 0 Å². The van der Waals surface area contributed by atoms with Gasteiger partial charge in [0.15, 0.2) is 5.82 Å². The number of hydrogen-bond donors (Lipinski definition) is 0. The van der Waals surface area contributed by atoms with Gasteiger partial charge in [-0.15, -0.1) is 0 Å².